The second kappa shape index (κ2) is 6.64. The van der Waals surface area contributed by atoms with E-state index in [2.05, 4.69) is 15.3 Å². The summed E-state index contributed by atoms with van der Waals surface area (Å²) in [6, 6.07) is 6.15. The number of imidazole rings is 1. The maximum absolute atomic E-state index is 14.7. The molecule has 3 N–H and O–H groups in total. The maximum Gasteiger partial charge on any atom is 0.412 e. The van der Waals surface area contributed by atoms with Crippen molar-refractivity contribution >= 4 is 17.6 Å². The first-order valence-corrected chi connectivity index (χ1v) is 8.64. The topological polar surface area (TPSA) is 118 Å². The molecule has 8 nitrogen and oxygen atoms in total. The summed E-state index contributed by atoms with van der Waals surface area (Å²) in [5.74, 6) is -0.00418. The summed E-state index contributed by atoms with van der Waals surface area (Å²) in [4.78, 5) is 20.5. The summed E-state index contributed by atoms with van der Waals surface area (Å²) in [6.45, 7) is 7.22. The molecule has 0 spiro atoms. The number of halogens is 1. The average Bonchev–Trinajstić information content (AvgIpc) is 2.98. The fourth-order valence-corrected chi connectivity index (χ4v) is 3.06. The lowest BCUT2D eigenvalue weighted by Gasteiger charge is -2.31. The molecule has 0 unspecified atom stereocenters. The van der Waals surface area contributed by atoms with Gasteiger partial charge in [0.15, 0.2) is 17.4 Å². The fourth-order valence-electron chi connectivity index (χ4n) is 3.06. The predicted octanol–water partition coefficient (Wildman–Crippen LogP) is 2.88. The number of fused-ring (bicyclic) bond motifs is 1. The summed E-state index contributed by atoms with van der Waals surface area (Å²) >= 11 is 0. The van der Waals surface area contributed by atoms with Gasteiger partial charge in [0.2, 0.25) is 0 Å². The third-order valence-corrected chi connectivity index (χ3v) is 4.16. The van der Waals surface area contributed by atoms with Gasteiger partial charge in [-0.25, -0.2) is 14.2 Å². The Morgan fingerprint density at radius 3 is 2.82 bits per heavy atom. The van der Waals surface area contributed by atoms with Crippen molar-refractivity contribution in [3.8, 4) is 6.07 Å². The predicted molar refractivity (Wildman–Crippen MR) is 101 cm³/mol. The van der Waals surface area contributed by atoms with Crippen molar-refractivity contribution in [1.29, 1.82) is 5.26 Å². The fraction of sp³-hybridized carbons (Fsp3) is 0.368. The molecule has 1 aliphatic rings. The van der Waals surface area contributed by atoms with Gasteiger partial charge in [-0.15, -0.1) is 0 Å². The van der Waals surface area contributed by atoms with Crippen molar-refractivity contribution < 1.29 is 13.9 Å². The smallest absolute Gasteiger partial charge is 0.412 e. The van der Waals surface area contributed by atoms with E-state index in [1.807, 2.05) is 6.07 Å². The minimum atomic E-state index is -1.04. The van der Waals surface area contributed by atoms with Crippen molar-refractivity contribution in [1.82, 2.24) is 9.55 Å². The lowest BCUT2D eigenvalue weighted by atomic mass is 9.90. The molecule has 1 amide bonds. The Morgan fingerprint density at radius 2 is 2.18 bits per heavy atom. The number of aliphatic imine (C=N–C) groups is 1. The molecule has 146 valence electrons. The quantitative estimate of drug-likeness (QED) is 0.825. The standard InChI is InChI=1S/C19H21FN6O2/c1-18(2,3)28-17(27)24-11-5-6-14(20)13(7-11)19(4)10-26-9-12(8-21)23-16(26)15(22)25-19/h5-7,9H,10H2,1-4H3,(H2,22,25)(H,24,27)/t19-/m0/s1. The summed E-state index contributed by atoms with van der Waals surface area (Å²) in [5.41, 5.74) is 5.14. The Labute approximate surface area is 161 Å². The van der Waals surface area contributed by atoms with Crippen molar-refractivity contribution in [2.45, 2.75) is 45.4 Å². The SMILES string of the molecule is CC(C)(C)OC(=O)Nc1ccc(F)c([C@]2(C)Cn3cc(C#N)nc3C(N)=N2)c1. The minimum Gasteiger partial charge on any atom is -0.444 e. The Kier molecular flexibility index (Phi) is 4.59. The van der Waals surface area contributed by atoms with Crippen LogP contribution in [0.2, 0.25) is 0 Å². The molecule has 1 aromatic heterocycles. The Morgan fingerprint density at radius 1 is 1.46 bits per heavy atom. The van der Waals surface area contributed by atoms with Crippen LogP contribution in [0.5, 0.6) is 0 Å². The molecule has 0 saturated heterocycles. The van der Waals surface area contributed by atoms with E-state index < -0.39 is 23.1 Å². The van der Waals surface area contributed by atoms with E-state index in [4.69, 9.17) is 15.7 Å². The molecule has 1 aromatic carbocycles. The van der Waals surface area contributed by atoms with Gasteiger partial charge in [-0.3, -0.25) is 10.3 Å². The number of aromatic nitrogens is 2. The zero-order valence-corrected chi connectivity index (χ0v) is 16.1. The van der Waals surface area contributed by atoms with Crippen LogP contribution in [0.15, 0.2) is 29.4 Å². The number of amidine groups is 1. The molecular formula is C19H21FN6O2. The summed E-state index contributed by atoms with van der Waals surface area (Å²) in [5, 5.41) is 11.6. The maximum atomic E-state index is 14.7. The number of carbonyl (C=O) groups is 1. The van der Waals surface area contributed by atoms with Gasteiger partial charge in [0.1, 0.15) is 23.0 Å². The number of amides is 1. The number of benzene rings is 1. The molecule has 1 atom stereocenters. The molecular weight excluding hydrogens is 363 g/mol. The van der Waals surface area contributed by atoms with E-state index in [-0.39, 0.29) is 23.6 Å². The van der Waals surface area contributed by atoms with E-state index in [0.29, 0.717) is 11.5 Å². The number of nitrogens with one attached hydrogen (secondary N) is 1. The van der Waals surface area contributed by atoms with Crippen LogP contribution in [-0.2, 0) is 16.8 Å². The van der Waals surface area contributed by atoms with Crippen molar-refractivity contribution in [3.05, 3.63) is 47.3 Å². The number of hydrogen-bond acceptors (Lipinski definition) is 6. The lowest BCUT2D eigenvalue weighted by Crippen LogP contribution is -2.37. The number of ether oxygens (including phenoxy) is 1. The van der Waals surface area contributed by atoms with E-state index in [1.165, 1.54) is 18.2 Å². The van der Waals surface area contributed by atoms with E-state index in [1.54, 1.807) is 38.5 Å². The van der Waals surface area contributed by atoms with Gasteiger partial charge in [0.25, 0.3) is 0 Å². The number of anilines is 1. The van der Waals surface area contributed by atoms with E-state index in [0.717, 1.165) is 0 Å². The highest BCUT2D eigenvalue weighted by atomic mass is 19.1. The van der Waals surface area contributed by atoms with Crippen LogP contribution in [0.3, 0.4) is 0 Å². The number of nitrogens with two attached hydrogens (primary N) is 1. The molecule has 0 bridgehead atoms. The molecule has 2 heterocycles. The minimum absolute atomic E-state index is 0.111. The molecule has 0 fully saturated rings. The molecule has 0 radical (unpaired) electrons. The Bertz CT molecular complexity index is 1010. The first-order chi connectivity index (χ1) is 13.0. The highest BCUT2D eigenvalue weighted by molar-refractivity contribution is 5.95. The van der Waals surface area contributed by atoms with Gasteiger partial charge in [-0.1, -0.05) is 0 Å². The second-order valence-corrected chi connectivity index (χ2v) is 7.78. The van der Waals surface area contributed by atoms with Gasteiger partial charge in [0.05, 0.1) is 6.54 Å². The highest BCUT2D eigenvalue weighted by Crippen LogP contribution is 2.34. The Balaban J connectivity index is 1.94. The van der Waals surface area contributed by atoms with Crippen LogP contribution >= 0.6 is 0 Å². The molecule has 2 aromatic rings. The molecule has 28 heavy (non-hydrogen) atoms. The van der Waals surface area contributed by atoms with Gasteiger partial charge in [-0.2, -0.15) is 5.26 Å². The number of hydrogen-bond donors (Lipinski definition) is 2. The molecule has 1 aliphatic heterocycles. The van der Waals surface area contributed by atoms with E-state index in [9.17, 15) is 9.18 Å². The summed E-state index contributed by atoms with van der Waals surface area (Å²) < 4.78 is 21.6. The average molecular weight is 384 g/mol. The van der Waals surface area contributed by atoms with Gasteiger partial charge in [0, 0.05) is 17.4 Å². The first kappa shape index (κ1) is 19.4. The normalized spacial score (nSPS) is 18.6. The molecule has 0 saturated carbocycles. The number of nitriles is 1. The largest absolute Gasteiger partial charge is 0.444 e. The van der Waals surface area contributed by atoms with Crippen LogP contribution in [0, 0.1) is 17.1 Å². The lowest BCUT2D eigenvalue weighted by molar-refractivity contribution is 0.0636. The second-order valence-electron chi connectivity index (χ2n) is 7.78. The van der Waals surface area contributed by atoms with Gasteiger partial charge in [-0.05, 0) is 45.9 Å². The van der Waals surface area contributed by atoms with E-state index >= 15 is 0 Å². The number of carbonyl (C=O) groups excluding carboxylic acids is 1. The third kappa shape index (κ3) is 3.81. The molecule has 9 heteroatoms. The van der Waals surface area contributed by atoms with Crippen LogP contribution in [0.1, 0.15) is 44.8 Å². The van der Waals surface area contributed by atoms with Crippen molar-refractivity contribution in [2.24, 2.45) is 10.7 Å². The zero-order chi connectivity index (χ0) is 20.7. The van der Waals surface area contributed by atoms with Crippen LogP contribution in [0.4, 0.5) is 14.9 Å². The van der Waals surface area contributed by atoms with Crippen molar-refractivity contribution in [3.63, 3.8) is 0 Å². The Hall–Kier alpha value is -3.41. The number of rotatable bonds is 2. The number of nitrogens with zero attached hydrogens (tertiary/aromatic N) is 4. The van der Waals surface area contributed by atoms with Crippen molar-refractivity contribution in [2.75, 3.05) is 5.32 Å². The molecule has 0 aliphatic carbocycles. The molecule has 3 rings (SSSR count). The summed E-state index contributed by atoms with van der Waals surface area (Å²) in [7, 11) is 0. The van der Waals surface area contributed by atoms with Gasteiger partial charge >= 0.3 is 6.09 Å². The van der Waals surface area contributed by atoms with Crippen LogP contribution < -0.4 is 11.1 Å². The first-order valence-electron chi connectivity index (χ1n) is 8.64. The van der Waals surface area contributed by atoms with Gasteiger partial charge < -0.3 is 15.0 Å². The monoisotopic (exact) mass is 384 g/mol. The highest BCUT2D eigenvalue weighted by Gasteiger charge is 2.35. The van der Waals surface area contributed by atoms with Crippen LogP contribution in [-0.4, -0.2) is 27.1 Å². The zero-order valence-electron chi connectivity index (χ0n) is 16.1. The van der Waals surface area contributed by atoms with Crippen LogP contribution in [0.25, 0.3) is 0 Å². The summed E-state index contributed by atoms with van der Waals surface area (Å²) in [6.07, 6.45) is 0.910. The third-order valence-electron chi connectivity index (χ3n) is 4.16.